The van der Waals surface area contributed by atoms with E-state index in [4.69, 9.17) is 0 Å². The van der Waals surface area contributed by atoms with E-state index in [-0.39, 0.29) is 16.1 Å². The Labute approximate surface area is 146 Å². The number of rotatable bonds is 5. The minimum absolute atomic E-state index is 0.0386. The predicted octanol–water partition coefficient (Wildman–Crippen LogP) is 1.57. The number of nitrogens with one attached hydrogen (secondary N) is 2. The third-order valence-electron chi connectivity index (χ3n) is 3.11. The van der Waals surface area contributed by atoms with Crippen molar-refractivity contribution in [1.82, 2.24) is 9.45 Å². The third-order valence-corrected chi connectivity index (χ3v) is 5.24. The number of H-pyrrole nitrogens is 1. The first-order chi connectivity index (χ1) is 11.3. The van der Waals surface area contributed by atoms with E-state index in [1.807, 2.05) is 0 Å². The summed E-state index contributed by atoms with van der Waals surface area (Å²) in [5.41, 5.74) is -0.356. The van der Waals surface area contributed by atoms with Crippen LogP contribution in [0, 0.1) is 0 Å². The number of carbonyl (C=O) groups is 1. The van der Waals surface area contributed by atoms with E-state index in [0.29, 0.717) is 8.94 Å². The van der Waals surface area contributed by atoms with Gasteiger partial charge >= 0.3 is 0 Å². The summed E-state index contributed by atoms with van der Waals surface area (Å²) in [7, 11) is -1.42. The molecule has 0 aliphatic heterocycles. The number of carbonyl (C=O) groups excluding carboxylic acids is 1. The molecule has 0 bridgehead atoms. The molecule has 0 atom stereocenters. The van der Waals surface area contributed by atoms with E-state index >= 15 is 0 Å². The Balaban J connectivity index is 2.33. The number of halogens is 1. The maximum Gasteiger partial charge on any atom is 0.271 e. The van der Waals surface area contributed by atoms with Gasteiger partial charge in [0.05, 0.1) is 12.0 Å². The average molecular weight is 416 g/mol. The van der Waals surface area contributed by atoms with E-state index in [0.717, 1.165) is 0 Å². The summed E-state index contributed by atoms with van der Waals surface area (Å²) in [5, 5.41) is 2.44. The second kappa shape index (κ2) is 7.26. The zero-order valence-corrected chi connectivity index (χ0v) is 15.1. The van der Waals surface area contributed by atoms with Gasteiger partial charge in [-0.25, -0.2) is 8.42 Å². The van der Waals surface area contributed by atoms with Crippen LogP contribution in [-0.2, 0) is 14.9 Å². The molecular formula is C14H14BrN3O5S. The zero-order chi connectivity index (χ0) is 17.9. The van der Waals surface area contributed by atoms with Crippen molar-refractivity contribution >= 4 is 37.5 Å². The third kappa shape index (κ3) is 3.90. The van der Waals surface area contributed by atoms with E-state index in [1.54, 1.807) is 0 Å². The minimum atomic E-state index is -3.88. The number of sulfonamides is 1. The highest BCUT2D eigenvalue weighted by molar-refractivity contribution is 9.10. The van der Waals surface area contributed by atoms with Gasteiger partial charge in [-0.1, -0.05) is 10.5 Å². The van der Waals surface area contributed by atoms with Crippen LogP contribution in [0.25, 0.3) is 0 Å². The minimum Gasteiger partial charge on any atom is -0.326 e. The first-order valence-electron chi connectivity index (χ1n) is 6.58. The van der Waals surface area contributed by atoms with Crippen molar-refractivity contribution in [1.29, 1.82) is 0 Å². The summed E-state index contributed by atoms with van der Waals surface area (Å²) >= 11 is 3.18. The van der Waals surface area contributed by atoms with Crippen LogP contribution in [0.5, 0.6) is 0 Å². The maximum absolute atomic E-state index is 12.3. The molecule has 8 nitrogen and oxygen atoms in total. The van der Waals surface area contributed by atoms with Gasteiger partial charge in [-0.2, -0.15) is 0 Å². The number of aromatic nitrogens is 1. The summed E-state index contributed by atoms with van der Waals surface area (Å²) in [5.74, 6) is -0.615. The van der Waals surface area contributed by atoms with Gasteiger partial charge in [0.2, 0.25) is 0 Å². The van der Waals surface area contributed by atoms with E-state index in [9.17, 15) is 18.0 Å². The van der Waals surface area contributed by atoms with Crippen molar-refractivity contribution in [2.24, 2.45) is 0 Å². The molecule has 24 heavy (non-hydrogen) atoms. The molecule has 1 heterocycles. The summed E-state index contributed by atoms with van der Waals surface area (Å²) in [4.78, 5) is 31.0. The van der Waals surface area contributed by atoms with Crippen LogP contribution < -0.4 is 10.9 Å². The molecular weight excluding hydrogens is 402 g/mol. The normalized spacial score (nSPS) is 11.5. The Bertz CT molecular complexity index is 926. The van der Waals surface area contributed by atoms with Crippen LogP contribution in [0.2, 0.25) is 0 Å². The number of hydrogen-bond acceptors (Lipinski definition) is 5. The Hall–Kier alpha value is -2.01. The number of pyridine rings is 1. The molecule has 2 aromatic rings. The lowest BCUT2D eigenvalue weighted by molar-refractivity contribution is -0.0258. The largest absolute Gasteiger partial charge is 0.326 e. The molecule has 0 aliphatic rings. The number of aromatic amines is 1. The van der Waals surface area contributed by atoms with E-state index in [2.05, 4.69) is 31.1 Å². The lowest BCUT2D eigenvalue weighted by Gasteiger charge is -2.14. The number of amides is 1. The van der Waals surface area contributed by atoms with Crippen molar-refractivity contribution in [3.63, 3.8) is 0 Å². The van der Waals surface area contributed by atoms with Crippen molar-refractivity contribution < 1.29 is 18.0 Å². The number of benzene rings is 1. The molecule has 10 heteroatoms. The van der Waals surface area contributed by atoms with Gasteiger partial charge in [0.25, 0.3) is 21.5 Å². The summed E-state index contributed by atoms with van der Waals surface area (Å²) < 4.78 is 25.7. The van der Waals surface area contributed by atoms with Gasteiger partial charge in [0.15, 0.2) is 0 Å². The topological polar surface area (TPSA) is 109 Å². The standard InChI is InChI=1S/C14H14BrN3O5S/c1-18(23-2)24(21,22)11-5-3-4-9(6-11)13(19)17-12-7-10(15)8-16-14(12)20/h3-8H,1-2H3,(H,16,20)(H,17,19). The highest BCUT2D eigenvalue weighted by Crippen LogP contribution is 2.17. The van der Waals surface area contributed by atoms with Gasteiger partial charge < -0.3 is 10.3 Å². The number of nitrogens with zero attached hydrogens (tertiary/aromatic N) is 1. The fourth-order valence-electron chi connectivity index (χ4n) is 1.79. The Morgan fingerprint density at radius 3 is 2.71 bits per heavy atom. The second-order valence-electron chi connectivity index (χ2n) is 4.64. The number of anilines is 1. The molecule has 0 fully saturated rings. The van der Waals surface area contributed by atoms with Crippen LogP contribution in [0.15, 0.2) is 50.7 Å². The van der Waals surface area contributed by atoms with Crippen molar-refractivity contribution in [2.45, 2.75) is 4.90 Å². The molecule has 0 unspecified atom stereocenters. The van der Waals surface area contributed by atoms with E-state index < -0.39 is 21.5 Å². The monoisotopic (exact) mass is 415 g/mol. The molecule has 2 rings (SSSR count). The summed E-state index contributed by atoms with van der Waals surface area (Å²) in [6.45, 7) is 0. The first-order valence-corrected chi connectivity index (χ1v) is 8.81. The molecule has 2 N–H and O–H groups in total. The zero-order valence-electron chi connectivity index (χ0n) is 12.7. The van der Waals surface area contributed by atoms with Gasteiger partial charge in [-0.15, -0.1) is 0 Å². The lowest BCUT2D eigenvalue weighted by atomic mass is 10.2. The Morgan fingerprint density at radius 1 is 1.33 bits per heavy atom. The van der Waals surface area contributed by atoms with Crippen molar-refractivity contribution in [2.75, 3.05) is 19.5 Å². The molecule has 0 saturated heterocycles. The molecule has 1 amide bonds. The maximum atomic E-state index is 12.3. The van der Waals surface area contributed by atoms with E-state index in [1.165, 1.54) is 50.7 Å². The predicted molar refractivity (Wildman–Crippen MR) is 91.1 cm³/mol. The Kier molecular flexibility index (Phi) is 5.54. The van der Waals surface area contributed by atoms with Gasteiger partial charge in [-0.3, -0.25) is 14.4 Å². The van der Waals surface area contributed by atoms with Gasteiger partial charge in [0.1, 0.15) is 5.69 Å². The molecule has 0 radical (unpaired) electrons. The van der Waals surface area contributed by atoms with Gasteiger partial charge in [-0.05, 0) is 40.2 Å². The van der Waals surface area contributed by atoms with Crippen molar-refractivity contribution in [3.05, 3.63) is 56.9 Å². The molecule has 0 aliphatic carbocycles. The number of hydrogen-bond donors (Lipinski definition) is 2. The van der Waals surface area contributed by atoms with Crippen LogP contribution in [-0.4, -0.2) is 37.9 Å². The summed E-state index contributed by atoms with van der Waals surface area (Å²) in [6, 6.07) is 6.85. The first kappa shape index (κ1) is 18.3. The highest BCUT2D eigenvalue weighted by atomic mass is 79.9. The van der Waals surface area contributed by atoms with Crippen LogP contribution in [0.1, 0.15) is 10.4 Å². The van der Waals surface area contributed by atoms with Gasteiger partial charge in [0, 0.05) is 23.3 Å². The molecule has 0 spiro atoms. The smallest absolute Gasteiger partial charge is 0.271 e. The molecule has 128 valence electrons. The Morgan fingerprint density at radius 2 is 2.04 bits per heavy atom. The SMILES string of the molecule is CON(C)S(=O)(=O)c1cccc(C(=O)Nc2cc(Br)c[nH]c2=O)c1. The van der Waals surface area contributed by atoms with Crippen LogP contribution in [0.3, 0.4) is 0 Å². The van der Waals surface area contributed by atoms with Crippen LogP contribution >= 0.6 is 15.9 Å². The highest BCUT2D eigenvalue weighted by Gasteiger charge is 2.22. The fraction of sp³-hybridized carbons (Fsp3) is 0.143. The van der Waals surface area contributed by atoms with Crippen LogP contribution in [0.4, 0.5) is 5.69 Å². The molecule has 1 aromatic heterocycles. The quantitative estimate of drug-likeness (QED) is 0.720. The fourth-order valence-corrected chi connectivity index (χ4v) is 3.15. The molecule has 1 aromatic carbocycles. The lowest BCUT2D eigenvalue weighted by Crippen LogP contribution is -2.26. The summed E-state index contributed by atoms with van der Waals surface area (Å²) in [6.07, 6.45) is 1.44. The van der Waals surface area contributed by atoms with Crippen molar-refractivity contribution in [3.8, 4) is 0 Å². The average Bonchev–Trinajstić information content (AvgIpc) is 2.57. The number of hydroxylamine groups is 1. The molecule has 0 saturated carbocycles. The second-order valence-corrected chi connectivity index (χ2v) is 7.49.